The van der Waals surface area contributed by atoms with Gasteiger partial charge >= 0.3 is 0 Å². The van der Waals surface area contributed by atoms with Gasteiger partial charge in [0.25, 0.3) is 5.91 Å². The molecule has 2 aromatic carbocycles. The van der Waals surface area contributed by atoms with Crippen molar-refractivity contribution in [2.24, 2.45) is 0 Å². The fourth-order valence-corrected chi connectivity index (χ4v) is 4.42. The zero-order valence-electron chi connectivity index (χ0n) is 16.6. The number of hydrogen-bond acceptors (Lipinski definition) is 6. The number of methoxy groups -OCH3 is 1. The van der Waals surface area contributed by atoms with Gasteiger partial charge in [-0.3, -0.25) is 9.69 Å². The third-order valence-electron chi connectivity index (χ3n) is 5.33. The number of aromatic nitrogens is 1. The van der Waals surface area contributed by atoms with Crippen molar-refractivity contribution in [1.29, 1.82) is 0 Å². The number of carbonyl (C=O) groups is 1. The van der Waals surface area contributed by atoms with Crippen LogP contribution in [0, 0.1) is 0 Å². The predicted molar refractivity (Wildman–Crippen MR) is 118 cm³/mol. The Balaban J connectivity index is 1.19. The van der Waals surface area contributed by atoms with Crippen LogP contribution in [0.1, 0.15) is 16.8 Å². The number of fused-ring (bicyclic) bond motifs is 1. The highest BCUT2D eigenvalue weighted by molar-refractivity contribution is 7.16. The van der Waals surface area contributed by atoms with Crippen molar-refractivity contribution in [3.63, 3.8) is 0 Å². The molecule has 4 rings (SSSR count). The van der Waals surface area contributed by atoms with Gasteiger partial charge in [0.2, 0.25) is 0 Å². The molecule has 0 aliphatic carbocycles. The Bertz CT molecular complexity index is 966. The highest BCUT2D eigenvalue weighted by Gasteiger charge is 2.19. The number of piperazine rings is 1. The fraction of sp³-hybridized carbons (Fsp3) is 0.364. The second kappa shape index (κ2) is 9.24. The van der Waals surface area contributed by atoms with E-state index in [1.807, 2.05) is 30.3 Å². The summed E-state index contributed by atoms with van der Waals surface area (Å²) in [7, 11) is 1.72. The van der Waals surface area contributed by atoms with E-state index in [9.17, 15) is 4.79 Å². The molecule has 0 spiro atoms. The van der Waals surface area contributed by atoms with Crippen LogP contribution in [-0.2, 0) is 0 Å². The molecule has 152 valence electrons. The average molecular weight is 411 g/mol. The van der Waals surface area contributed by atoms with E-state index in [1.54, 1.807) is 24.0 Å². The monoisotopic (exact) mass is 410 g/mol. The van der Waals surface area contributed by atoms with Crippen molar-refractivity contribution < 1.29 is 9.53 Å². The third kappa shape index (κ3) is 4.68. The van der Waals surface area contributed by atoms with Gasteiger partial charge in [0, 0.05) is 38.3 Å². The molecule has 7 heteroatoms. The zero-order chi connectivity index (χ0) is 20.1. The molecule has 1 aromatic heterocycles. The first-order valence-corrected chi connectivity index (χ1v) is 10.8. The molecule has 0 atom stereocenters. The van der Waals surface area contributed by atoms with E-state index in [0.29, 0.717) is 12.1 Å². The van der Waals surface area contributed by atoms with E-state index in [-0.39, 0.29) is 5.91 Å². The summed E-state index contributed by atoms with van der Waals surface area (Å²) < 4.78 is 6.53. The Morgan fingerprint density at radius 3 is 2.83 bits per heavy atom. The van der Waals surface area contributed by atoms with Gasteiger partial charge in [-0.05, 0) is 43.3 Å². The first-order valence-electron chi connectivity index (χ1n) is 9.96. The maximum absolute atomic E-state index is 12.4. The fourth-order valence-electron chi connectivity index (χ4n) is 3.71. The Morgan fingerprint density at radius 2 is 2.00 bits per heavy atom. The Kier molecular flexibility index (Phi) is 6.27. The SMILES string of the molecule is COc1ccccc1N1CCN(CCCNC(=O)c2ccc3ncsc3c2)CC1. The van der Waals surface area contributed by atoms with Crippen molar-refractivity contribution in [3.05, 3.63) is 53.5 Å². The molecule has 6 nitrogen and oxygen atoms in total. The number of nitrogens with zero attached hydrogens (tertiary/aromatic N) is 3. The zero-order valence-corrected chi connectivity index (χ0v) is 17.5. The van der Waals surface area contributed by atoms with E-state index in [1.165, 1.54) is 5.69 Å². The van der Waals surface area contributed by atoms with E-state index in [4.69, 9.17) is 4.74 Å². The van der Waals surface area contributed by atoms with Crippen molar-refractivity contribution in [2.45, 2.75) is 6.42 Å². The number of para-hydroxylation sites is 2. The minimum atomic E-state index is -0.0127. The summed E-state index contributed by atoms with van der Waals surface area (Å²) in [5, 5.41) is 3.04. The van der Waals surface area contributed by atoms with Crippen molar-refractivity contribution >= 4 is 33.1 Å². The summed E-state index contributed by atoms with van der Waals surface area (Å²) in [6.45, 7) is 5.70. The van der Waals surface area contributed by atoms with Crippen LogP contribution in [0.15, 0.2) is 48.0 Å². The van der Waals surface area contributed by atoms with Gasteiger partial charge in [-0.1, -0.05) is 12.1 Å². The van der Waals surface area contributed by atoms with Crippen LogP contribution in [0.5, 0.6) is 5.75 Å². The molecule has 2 heterocycles. The molecular weight excluding hydrogens is 384 g/mol. The Morgan fingerprint density at radius 1 is 1.17 bits per heavy atom. The Hall–Kier alpha value is -2.64. The van der Waals surface area contributed by atoms with Crippen LogP contribution < -0.4 is 15.0 Å². The number of amides is 1. The first kappa shape index (κ1) is 19.7. The van der Waals surface area contributed by atoms with Crippen LogP contribution in [0.25, 0.3) is 10.2 Å². The van der Waals surface area contributed by atoms with Crippen molar-refractivity contribution in [1.82, 2.24) is 15.2 Å². The highest BCUT2D eigenvalue weighted by atomic mass is 32.1. The predicted octanol–water partition coefficient (Wildman–Crippen LogP) is 3.25. The second-order valence-corrected chi connectivity index (χ2v) is 8.03. The molecule has 1 aliphatic heterocycles. The summed E-state index contributed by atoms with van der Waals surface area (Å²) in [6.07, 6.45) is 0.948. The molecule has 29 heavy (non-hydrogen) atoms. The van der Waals surface area contributed by atoms with Crippen LogP contribution in [0.2, 0.25) is 0 Å². The molecule has 0 saturated carbocycles. The van der Waals surface area contributed by atoms with Gasteiger partial charge in [-0.2, -0.15) is 0 Å². The smallest absolute Gasteiger partial charge is 0.251 e. The standard InChI is InChI=1S/C22H26N4O2S/c1-28-20-6-3-2-5-19(20)26-13-11-25(12-14-26)10-4-9-23-22(27)17-7-8-18-21(15-17)29-16-24-18/h2-3,5-8,15-16H,4,9-14H2,1H3,(H,23,27). The lowest BCUT2D eigenvalue weighted by atomic mass is 10.2. The van der Waals surface area contributed by atoms with Crippen molar-refractivity contribution in [2.75, 3.05) is 51.3 Å². The molecule has 0 bridgehead atoms. The summed E-state index contributed by atoms with van der Waals surface area (Å²) in [6, 6.07) is 13.8. The number of anilines is 1. The van der Waals surface area contributed by atoms with Crippen LogP contribution in [-0.4, -0.2) is 62.2 Å². The maximum Gasteiger partial charge on any atom is 0.251 e. The number of thiazole rings is 1. The van der Waals surface area contributed by atoms with Gasteiger partial charge < -0.3 is 15.0 Å². The largest absolute Gasteiger partial charge is 0.495 e. The van der Waals surface area contributed by atoms with Gasteiger partial charge in [0.15, 0.2) is 0 Å². The molecule has 0 unspecified atom stereocenters. The minimum Gasteiger partial charge on any atom is -0.495 e. The number of nitrogens with one attached hydrogen (secondary N) is 1. The van der Waals surface area contributed by atoms with E-state index in [0.717, 1.165) is 55.1 Å². The Labute approximate surface area is 175 Å². The lowest BCUT2D eigenvalue weighted by molar-refractivity contribution is 0.0951. The number of carbonyl (C=O) groups excluding carboxylic acids is 1. The third-order valence-corrected chi connectivity index (χ3v) is 6.12. The van der Waals surface area contributed by atoms with Crippen molar-refractivity contribution in [3.8, 4) is 5.75 Å². The summed E-state index contributed by atoms with van der Waals surface area (Å²) in [5.74, 6) is 0.918. The first-order chi connectivity index (χ1) is 14.2. The highest BCUT2D eigenvalue weighted by Crippen LogP contribution is 2.28. The van der Waals surface area contributed by atoms with Gasteiger partial charge in [-0.25, -0.2) is 4.98 Å². The van der Waals surface area contributed by atoms with Gasteiger partial charge in [0.05, 0.1) is 28.5 Å². The van der Waals surface area contributed by atoms with Crippen LogP contribution >= 0.6 is 11.3 Å². The maximum atomic E-state index is 12.4. The molecule has 1 N–H and O–H groups in total. The number of benzene rings is 2. The quantitative estimate of drug-likeness (QED) is 0.606. The minimum absolute atomic E-state index is 0.0127. The number of hydrogen-bond donors (Lipinski definition) is 1. The summed E-state index contributed by atoms with van der Waals surface area (Å²) in [4.78, 5) is 21.5. The van der Waals surface area contributed by atoms with Crippen LogP contribution in [0.4, 0.5) is 5.69 Å². The van der Waals surface area contributed by atoms with Gasteiger partial charge in [-0.15, -0.1) is 11.3 Å². The lowest BCUT2D eigenvalue weighted by Crippen LogP contribution is -2.47. The van der Waals surface area contributed by atoms with E-state index in [2.05, 4.69) is 32.2 Å². The molecule has 1 aliphatic rings. The molecule has 1 amide bonds. The van der Waals surface area contributed by atoms with Crippen LogP contribution in [0.3, 0.4) is 0 Å². The summed E-state index contributed by atoms with van der Waals surface area (Å²) >= 11 is 1.56. The topological polar surface area (TPSA) is 57.7 Å². The normalized spacial score (nSPS) is 14.9. The molecule has 0 radical (unpaired) electrons. The molecular formula is C22H26N4O2S. The lowest BCUT2D eigenvalue weighted by Gasteiger charge is -2.36. The number of rotatable bonds is 7. The van der Waals surface area contributed by atoms with Gasteiger partial charge in [0.1, 0.15) is 5.75 Å². The average Bonchev–Trinajstić information content (AvgIpc) is 3.25. The second-order valence-electron chi connectivity index (χ2n) is 7.14. The molecule has 1 saturated heterocycles. The molecule has 1 fully saturated rings. The number of ether oxygens (including phenoxy) is 1. The van der Waals surface area contributed by atoms with E-state index < -0.39 is 0 Å². The van der Waals surface area contributed by atoms with E-state index >= 15 is 0 Å². The summed E-state index contributed by atoms with van der Waals surface area (Å²) in [5.41, 5.74) is 4.62. The molecule has 3 aromatic rings.